The fraction of sp³-hybridized carbons (Fsp3) is 0.333. The Morgan fingerprint density at radius 3 is 2.07 bits per heavy atom. The molecule has 0 fully saturated rings. The van der Waals surface area contributed by atoms with Crippen LogP contribution < -0.4 is 9.47 Å². The molecule has 27 heavy (non-hydrogen) atoms. The van der Waals surface area contributed by atoms with Gasteiger partial charge in [-0.05, 0) is 36.6 Å². The van der Waals surface area contributed by atoms with Crippen LogP contribution in [0.4, 0.5) is 0 Å². The first kappa shape index (κ1) is 20.3. The number of benzene rings is 2. The van der Waals surface area contributed by atoms with Crippen LogP contribution in [0.2, 0.25) is 0 Å². The SMILES string of the molecule is COc1cc(CN(CC(=O)O)C(=O)CCc2ccc(C)cc2)cc(OC)c1. The molecule has 0 spiro atoms. The lowest BCUT2D eigenvalue weighted by molar-refractivity contribution is -0.144. The topological polar surface area (TPSA) is 76.1 Å². The van der Waals surface area contributed by atoms with E-state index in [0.29, 0.717) is 17.9 Å². The average molecular weight is 371 g/mol. The third-order valence-electron chi connectivity index (χ3n) is 4.21. The number of amides is 1. The maximum atomic E-state index is 12.6. The molecule has 0 saturated carbocycles. The van der Waals surface area contributed by atoms with E-state index < -0.39 is 5.97 Å². The molecule has 2 aromatic rings. The Morgan fingerprint density at radius 1 is 0.963 bits per heavy atom. The van der Waals surface area contributed by atoms with Crippen molar-refractivity contribution in [2.45, 2.75) is 26.3 Å². The highest BCUT2D eigenvalue weighted by Crippen LogP contribution is 2.23. The smallest absolute Gasteiger partial charge is 0.323 e. The van der Waals surface area contributed by atoms with Gasteiger partial charge in [-0.25, -0.2) is 0 Å². The van der Waals surface area contributed by atoms with Gasteiger partial charge in [0.25, 0.3) is 0 Å². The van der Waals surface area contributed by atoms with Crippen LogP contribution in [0.5, 0.6) is 11.5 Å². The van der Waals surface area contributed by atoms with Crippen molar-refractivity contribution in [3.63, 3.8) is 0 Å². The second kappa shape index (κ2) is 9.62. The lowest BCUT2D eigenvalue weighted by atomic mass is 10.1. The molecule has 0 aliphatic rings. The second-order valence-electron chi connectivity index (χ2n) is 6.35. The molecule has 144 valence electrons. The first-order valence-corrected chi connectivity index (χ1v) is 8.68. The van der Waals surface area contributed by atoms with E-state index in [2.05, 4.69) is 0 Å². The number of hydrogen-bond acceptors (Lipinski definition) is 4. The van der Waals surface area contributed by atoms with Crippen molar-refractivity contribution in [3.8, 4) is 11.5 Å². The van der Waals surface area contributed by atoms with Gasteiger partial charge < -0.3 is 19.5 Å². The van der Waals surface area contributed by atoms with Crippen molar-refractivity contribution in [1.82, 2.24) is 4.90 Å². The molecule has 0 radical (unpaired) electrons. The Hall–Kier alpha value is -3.02. The van der Waals surface area contributed by atoms with Gasteiger partial charge in [0, 0.05) is 19.0 Å². The van der Waals surface area contributed by atoms with Crippen LogP contribution in [0.25, 0.3) is 0 Å². The summed E-state index contributed by atoms with van der Waals surface area (Å²) >= 11 is 0. The fourth-order valence-electron chi connectivity index (χ4n) is 2.74. The summed E-state index contributed by atoms with van der Waals surface area (Å²) in [5.74, 6) is -0.0771. The van der Waals surface area contributed by atoms with Crippen molar-refractivity contribution >= 4 is 11.9 Å². The minimum absolute atomic E-state index is 0.173. The van der Waals surface area contributed by atoms with E-state index >= 15 is 0 Å². The van der Waals surface area contributed by atoms with Gasteiger partial charge in [0.1, 0.15) is 18.0 Å². The van der Waals surface area contributed by atoms with Crippen molar-refractivity contribution < 1.29 is 24.2 Å². The molecule has 0 saturated heterocycles. The van der Waals surface area contributed by atoms with Crippen molar-refractivity contribution in [2.24, 2.45) is 0 Å². The standard InChI is InChI=1S/C21H25NO5/c1-15-4-6-16(7-5-15)8-9-20(23)22(14-21(24)25)13-17-10-18(26-2)12-19(11-17)27-3/h4-7,10-12H,8-9,13-14H2,1-3H3,(H,24,25). The zero-order chi connectivity index (χ0) is 19.8. The summed E-state index contributed by atoms with van der Waals surface area (Å²) in [5.41, 5.74) is 2.95. The molecule has 0 atom stereocenters. The Balaban J connectivity index is 2.10. The number of carboxylic acid groups (broad SMARTS) is 1. The molecule has 1 N–H and O–H groups in total. The predicted octanol–water partition coefficient (Wildman–Crippen LogP) is 3.06. The van der Waals surface area contributed by atoms with Gasteiger partial charge in [0.05, 0.1) is 14.2 Å². The molecule has 0 aliphatic heterocycles. The monoisotopic (exact) mass is 371 g/mol. The number of hydrogen-bond donors (Lipinski definition) is 1. The van der Waals surface area contributed by atoms with E-state index in [1.165, 1.54) is 4.90 Å². The van der Waals surface area contributed by atoms with E-state index in [-0.39, 0.29) is 25.4 Å². The van der Waals surface area contributed by atoms with Gasteiger partial charge in [-0.3, -0.25) is 9.59 Å². The van der Waals surface area contributed by atoms with Crippen LogP contribution >= 0.6 is 0 Å². The molecule has 2 aromatic carbocycles. The van der Waals surface area contributed by atoms with Gasteiger partial charge in [0.15, 0.2) is 0 Å². The Labute approximate surface area is 159 Å². The molecule has 0 aliphatic carbocycles. The maximum Gasteiger partial charge on any atom is 0.323 e. The highest BCUT2D eigenvalue weighted by molar-refractivity contribution is 5.81. The van der Waals surface area contributed by atoms with Crippen LogP contribution in [-0.2, 0) is 22.6 Å². The number of carbonyl (C=O) groups is 2. The van der Waals surface area contributed by atoms with Gasteiger partial charge in [-0.15, -0.1) is 0 Å². The zero-order valence-corrected chi connectivity index (χ0v) is 15.9. The van der Waals surface area contributed by atoms with E-state index in [4.69, 9.17) is 9.47 Å². The van der Waals surface area contributed by atoms with Crippen LogP contribution in [0.1, 0.15) is 23.1 Å². The normalized spacial score (nSPS) is 10.3. The number of carbonyl (C=O) groups excluding carboxylic acids is 1. The molecule has 1 amide bonds. The third-order valence-corrected chi connectivity index (χ3v) is 4.21. The molecule has 0 aromatic heterocycles. The van der Waals surface area contributed by atoms with Gasteiger partial charge in [-0.2, -0.15) is 0 Å². The minimum atomic E-state index is -1.05. The molecule has 6 nitrogen and oxygen atoms in total. The van der Waals surface area contributed by atoms with Gasteiger partial charge in [-0.1, -0.05) is 29.8 Å². The van der Waals surface area contributed by atoms with E-state index in [9.17, 15) is 14.7 Å². The summed E-state index contributed by atoms with van der Waals surface area (Å²) in [6.07, 6.45) is 0.814. The van der Waals surface area contributed by atoms with Gasteiger partial charge >= 0.3 is 5.97 Å². The Kier molecular flexibility index (Phi) is 7.23. The quantitative estimate of drug-likeness (QED) is 0.733. The lowest BCUT2D eigenvalue weighted by Crippen LogP contribution is -2.35. The number of ether oxygens (including phenoxy) is 2. The number of carboxylic acids is 1. The summed E-state index contributed by atoms with van der Waals surface area (Å²) < 4.78 is 10.5. The molecule has 0 bridgehead atoms. The summed E-state index contributed by atoms with van der Waals surface area (Å²) in [6.45, 7) is 1.82. The number of aliphatic carboxylic acids is 1. The Morgan fingerprint density at radius 2 is 1.56 bits per heavy atom. The molecular formula is C21H25NO5. The summed E-state index contributed by atoms with van der Waals surface area (Å²) in [7, 11) is 3.08. The van der Waals surface area contributed by atoms with Crippen molar-refractivity contribution in [1.29, 1.82) is 0 Å². The minimum Gasteiger partial charge on any atom is -0.497 e. The number of nitrogens with zero attached hydrogens (tertiary/aromatic N) is 1. The summed E-state index contributed by atoms with van der Waals surface area (Å²) in [6, 6.07) is 13.2. The Bertz CT molecular complexity index is 763. The van der Waals surface area contributed by atoms with E-state index in [1.807, 2.05) is 31.2 Å². The molecule has 0 unspecified atom stereocenters. The first-order chi connectivity index (χ1) is 12.9. The molecule has 6 heteroatoms. The number of aryl methyl sites for hydroxylation is 2. The third kappa shape index (κ3) is 6.33. The summed E-state index contributed by atoms with van der Waals surface area (Å²) in [5, 5.41) is 9.18. The lowest BCUT2D eigenvalue weighted by Gasteiger charge is -2.21. The van der Waals surface area contributed by atoms with Crippen LogP contribution in [0.15, 0.2) is 42.5 Å². The fourth-order valence-corrected chi connectivity index (χ4v) is 2.74. The molecule has 0 heterocycles. The van der Waals surface area contributed by atoms with Crippen LogP contribution in [0, 0.1) is 6.92 Å². The average Bonchev–Trinajstić information content (AvgIpc) is 2.66. The highest BCUT2D eigenvalue weighted by atomic mass is 16.5. The number of methoxy groups -OCH3 is 2. The van der Waals surface area contributed by atoms with Crippen LogP contribution in [0.3, 0.4) is 0 Å². The van der Waals surface area contributed by atoms with Crippen molar-refractivity contribution in [2.75, 3.05) is 20.8 Å². The second-order valence-corrected chi connectivity index (χ2v) is 6.35. The first-order valence-electron chi connectivity index (χ1n) is 8.68. The summed E-state index contributed by atoms with van der Waals surface area (Å²) in [4.78, 5) is 25.2. The largest absolute Gasteiger partial charge is 0.497 e. The maximum absolute atomic E-state index is 12.6. The zero-order valence-electron chi connectivity index (χ0n) is 15.9. The van der Waals surface area contributed by atoms with Crippen LogP contribution in [-0.4, -0.2) is 42.6 Å². The molecule has 2 rings (SSSR count). The number of rotatable bonds is 9. The predicted molar refractivity (Wildman–Crippen MR) is 102 cm³/mol. The van der Waals surface area contributed by atoms with Gasteiger partial charge in [0.2, 0.25) is 5.91 Å². The highest BCUT2D eigenvalue weighted by Gasteiger charge is 2.18. The molecular weight excluding hydrogens is 346 g/mol. The van der Waals surface area contributed by atoms with E-state index in [1.54, 1.807) is 32.4 Å². The van der Waals surface area contributed by atoms with E-state index in [0.717, 1.165) is 16.7 Å². The van der Waals surface area contributed by atoms with Crippen molar-refractivity contribution in [3.05, 3.63) is 59.2 Å².